The number of imidazole rings is 1. The summed E-state index contributed by atoms with van der Waals surface area (Å²) in [6.07, 6.45) is -2.98. The molecule has 0 spiro atoms. The Morgan fingerprint density at radius 3 is 2.61 bits per heavy atom. The zero-order valence-electron chi connectivity index (χ0n) is 11.0. The molecule has 6 heteroatoms. The third-order valence-corrected chi connectivity index (χ3v) is 2.42. The van der Waals surface area contributed by atoms with Crippen molar-refractivity contribution in [3.8, 4) is 0 Å². The van der Waals surface area contributed by atoms with Crippen LogP contribution in [0.15, 0.2) is 6.20 Å². The maximum Gasteiger partial charge on any atom is 0.389 e. The molecule has 1 heterocycles. The van der Waals surface area contributed by atoms with E-state index in [1.807, 2.05) is 6.92 Å². The zero-order chi connectivity index (χ0) is 13.8. The molecular weight excluding hydrogens is 243 g/mol. The van der Waals surface area contributed by atoms with Gasteiger partial charge in [-0.2, -0.15) is 13.2 Å². The van der Waals surface area contributed by atoms with E-state index in [1.165, 1.54) is 0 Å². The van der Waals surface area contributed by atoms with Crippen LogP contribution in [0.5, 0.6) is 0 Å². The second-order valence-electron chi connectivity index (χ2n) is 4.89. The maximum atomic E-state index is 12.1. The Kier molecular flexibility index (Phi) is 5.04. The summed E-state index contributed by atoms with van der Waals surface area (Å²) in [7, 11) is 0. The van der Waals surface area contributed by atoms with E-state index in [9.17, 15) is 13.2 Å². The van der Waals surface area contributed by atoms with Crippen LogP contribution in [0.3, 0.4) is 0 Å². The standard InChI is InChI=1S/C12H20F3N3/c1-9(2)7-16-11-17-10(3)8-18(11)6-4-5-12(13,14)15/h8-9H,4-7H2,1-3H3,(H,16,17). The first kappa shape index (κ1) is 14.9. The van der Waals surface area contributed by atoms with Gasteiger partial charge in [0.05, 0.1) is 5.69 Å². The highest BCUT2D eigenvalue weighted by Crippen LogP contribution is 2.22. The summed E-state index contributed by atoms with van der Waals surface area (Å²) in [4.78, 5) is 4.27. The first-order valence-corrected chi connectivity index (χ1v) is 6.12. The van der Waals surface area contributed by atoms with Gasteiger partial charge in [0.25, 0.3) is 0 Å². The molecule has 3 nitrogen and oxygen atoms in total. The van der Waals surface area contributed by atoms with Crippen molar-refractivity contribution in [1.82, 2.24) is 9.55 Å². The van der Waals surface area contributed by atoms with E-state index in [0.717, 1.165) is 12.2 Å². The molecule has 0 aliphatic carbocycles. The highest BCUT2D eigenvalue weighted by molar-refractivity contribution is 5.28. The smallest absolute Gasteiger partial charge is 0.355 e. The Morgan fingerprint density at radius 2 is 2.06 bits per heavy atom. The van der Waals surface area contributed by atoms with Crippen LogP contribution in [-0.4, -0.2) is 22.3 Å². The molecule has 1 rings (SSSR count). The summed E-state index contributed by atoms with van der Waals surface area (Å²) in [5.74, 6) is 1.12. The van der Waals surface area contributed by atoms with Crippen LogP contribution in [-0.2, 0) is 6.54 Å². The summed E-state index contributed by atoms with van der Waals surface area (Å²) in [6, 6.07) is 0. The Balaban J connectivity index is 2.53. The fraction of sp³-hybridized carbons (Fsp3) is 0.750. The molecule has 0 aliphatic rings. The fourth-order valence-electron chi connectivity index (χ4n) is 1.60. The van der Waals surface area contributed by atoms with Gasteiger partial charge in [0.15, 0.2) is 0 Å². The van der Waals surface area contributed by atoms with Gasteiger partial charge in [0.2, 0.25) is 5.95 Å². The molecule has 0 fully saturated rings. The lowest BCUT2D eigenvalue weighted by Gasteiger charge is -2.12. The average Bonchev–Trinajstić information content (AvgIpc) is 2.54. The molecule has 0 saturated heterocycles. The van der Waals surface area contributed by atoms with Gasteiger partial charge in [-0.25, -0.2) is 4.98 Å². The van der Waals surface area contributed by atoms with E-state index in [-0.39, 0.29) is 6.42 Å². The highest BCUT2D eigenvalue weighted by atomic mass is 19.4. The van der Waals surface area contributed by atoms with Gasteiger partial charge in [0, 0.05) is 25.7 Å². The van der Waals surface area contributed by atoms with Crippen LogP contribution in [0, 0.1) is 12.8 Å². The quantitative estimate of drug-likeness (QED) is 0.849. The number of halogens is 3. The van der Waals surface area contributed by atoms with Crippen LogP contribution < -0.4 is 5.32 Å². The minimum atomic E-state index is -4.08. The molecule has 0 bridgehead atoms. The van der Waals surface area contributed by atoms with Crippen molar-refractivity contribution in [3.05, 3.63) is 11.9 Å². The van der Waals surface area contributed by atoms with E-state index >= 15 is 0 Å². The summed E-state index contributed by atoms with van der Waals surface area (Å²) in [5, 5.41) is 3.15. The number of aromatic nitrogens is 2. The number of nitrogens with one attached hydrogen (secondary N) is 1. The zero-order valence-corrected chi connectivity index (χ0v) is 11.0. The van der Waals surface area contributed by atoms with E-state index in [2.05, 4.69) is 24.1 Å². The minimum absolute atomic E-state index is 0.0790. The van der Waals surface area contributed by atoms with Gasteiger partial charge in [-0.1, -0.05) is 13.8 Å². The van der Waals surface area contributed by atoms with Crippen LogP contribution in [0.4, 0.5) is 19.1 Å². The summed E-state index contributed by atoms with van der Waals surface area (Å²) >= 11 is 0. The van der Waals surface area contributed by atoms with E-state index in [4.69, 9.17) is 0 Å². The van der Waals surface area contributed by atoms with E-state index in [1.54, 1.807) is 10.8 Å². The fourth-order valence-corrected chi connectivity index (χ4v) is 1.60. The Morgan fingerprint density at radius 1 is 1.39 bits per heavy atom. The monoisotopic (exact) mass is 263 g/mol. The van der Waals surface area contributed by atoms with E-state index in [0.29, 0.717) is 18.4 Å². The van der Waals surface area contributed by atoms with Crippen LogP contribution in [0.1, 0.15) is 32.4 Å². The first-order chi connectivity index (χ1) is 8.28. The molecule has 1 aromatic heterocycles. The number of rotatable bonds is 6. The van der Waals surface area contributed by atoms with Gasteiger partial charge in [-0.3, -0.25) is 0 Å². The van der Waals surface area contributed by atoms with Crippen molar-refractivity contribution >= 4 is 5.95 Å². The molecule has 104 valence electrons. The Hall–Kier alpha value is -1.20. The molecule has 1 aromatic rings. The molecule has 0 aromatic carbocycles. The highest BCUT2D eigenvalue weighted by Gasteiger charge is 2.26. The van der Waals surface area contributed by atoms with Crippen molar-refractivity contribution in [1.29, 1.82) is 0 Å². The SMILES string of the molecule is Cc1cn(CCCC(F)(F)F)c(NCC(C)C)n1. The first-order valence-electron chi connectivity index (χ1n) is 6.12. The molecule has 0 saturated carbocycles. The number of alkyl halides is 3. The van der Waals surface area contributed by atoms with Crippen LogP contribution >= 0.6 is 0 Å². The van der Waals surface area contributed by atoms with Gasteiger partial charge < -0.3 is 9.88 Å². The summed E-state index contributed by atoms with van der Waals surface area (Å²) in [5.41, 5.74) is 0.813. The van der Waals surface area contributed by atoms with Crippen LogP contribution in [0.2, 0.25) is 0 Å². The van der Waals surface area contributed by atoms with Gasteiger partial charge in [-0.05, 0) is 19.3 Å². The molecule has 0 radical (unpaired) electrons. The number of hydrogen-bond acceptors (Lipinski definition) is 2. The second kappa shape index (κ2) is 6.11. The third-order valence-electron chi connectivity index (χ3n) is 2.42. The molecule has 18 heavy (non-hydrogen) atoms. The average molecular weight is 263 g/mol. The Labute approximate surface area is 105 Å². The maximum absolute atomic E-state index is 12.1. The molecule has 0 atom stereocenters. The lowest BCUT2D eigenvalue weighted by Crippen LogP contribution is -2.14. The van der Waals surface area contributed by atoms with Crippen LogP contribution in [0.25, 0.3) is 0 Å². The second-order valence-corrected chi connectivity index (χ2v) is 4.89. The van der Waals surface area contributed by atoms with E-state index < -0.39 is 12.6 Å². The van der Waals surface area contributed by atoms with Crippen molar-refractivity contribution in [2.45, 2.75) is 46.3 Å². The van der Waals surface area contributed by atoms with Crippen molar-refractivity contribution in [3.63, 3.8) is 0 Å². The van der Waals surface area contributed by atoms with Gasteiger partial charge in [-0.15, -0.1) is 0 Å². The summed E-state index contributed by atoms with van der Waals surface area (Å²) in [6.45, 7) is 7.06. The third kappa shape index (κ3) is 5.42. The summed E-state index contributed by atoms with van der Waals surface area (Å²) < 4.78 is 38.0. The number of anilines is 1. The lowest BCUT2D eigenvalue weighted by atomic mass is 10.2. The normalized spacial score (nSPS) is 12.2. The molecule has 1 N–H and O–H groups in total. The van der Waals surface area contributed by atoms with Crippen molar-refractivity contribution in [2.24, 2.45) is 5.92 Å². The number of hydrogen-bond donors (Lipinski definition) is 1. The molecule has 0 unspecified atom stereocenters. The number of aryl methyl sites for hydroxylation is 2. The van der Waals surface area contributed by atoms with Crippen molar-refractivity contribution < 1.29 is 13.2 Å². The molecular formula is C12H20F3N3. The lowest BCUT2D eigenvalue weighted by molar-refractivity contribution is -0.135. The molecule has 0 amide bonds. The largest absolute Gasteiger partial charge is 0.389 e. The minimum Gasteiger partial charge on any atom is -0.355 e. The van der Waals surface area contributed by atoms with Gasteiger partial charge in [0.1, 0.15) is 0 Å². The number of nitrogens with zero attached hydrogens (tertiary/aromatic N) is 2. The molecule has 0 aliphatic heterocycles. The predicted octanol–water partition coefficient (Wildman–Crippen LogP) is 3.60. The predicted molar refractivity (Wildman–Crippen MR) is 65.6 cm³/mol. The van der Waals surface area contributed by atoms with Crippen molar-refractivity contribution in [2.75, 3.05) is 11.9 Å². The Bertz CT molecular complexity index is 369. The topological polar surface area (TPSA) is 29.9 Å². The van der Waals surface area contributed by atoms with Gasteiger partial charge >= 0.3 is 6.18 Å².